The quantitative estimate of drug-likeness (QED) is 0.915. The van der Waals surface area contributed by atoms with E-state index >= 15 is 0 Å². The van der Waals surface area contributed by atoms with Crippen molar-refractivity contribution in [2.24, 2.45) is 0 Å². The van der Waals surface area contributed by atoms with E-state index in [-0.39, 0.29) is 0 Å². The fourth-order valence-corrected chi connectivity index (χ4v) is 3.91. The van der Waals surface area contributed by atoms with Crippen LogP contribution in [0, 0.1) is 0 Å². The molecule has 2 unspecified atom stereocenters. The molecule has 3 heterocycles. The zero-order chi connectivity index (χ0) is 14.1. The van der Waals surface area contributed by atoms with Gasteiger partial charge in [0.25, 0.3) is 0 Å². The molecule has 110 valence electrons. The molecular formula is C14H22BrN5. The third-order valence-corrected chi connectivity index (χ3v) is 5.05. The van der Waals surface area contributed by atoms with Crippen molar-refractivity contribution >= 4 is 27.6 Å². The summed E-state index contributed by atoms with van der Waals surface area (Å²) in [6.07, 6.45) is 4.30. The lowest BCUT2D eigenvalue weighted by atomic mass is 10.1. The molecule has 1 N–H and O–H groups in total. The molecule has 5 nitrogen and oxygen atoms in total. The summed E-state index contributed by atoms with van der Waals surface area (Å²) in [5.41, 5.74) is 0. The maximum Gasteiger partial charge on any atom is 0.148 e. The zero-order valence-electron chi connectivity index (χ0n) is 12.1. The van der Waals surface area contributed by atoms with E-state index in [4.69, 9.17) is 0 Å². The second-order valence-corrected chi connectivity index (χ2v) is 6.48. The number of hydrogen-bond acceptors (Lipinski definition) is 5. The van der Waals surface area contributed by atoms with Gasteiger partial charge < -0.3 is 10.2 Å². The van der Waals surface area contributed by atoms with Gasteiger partial charge in [0, 0.05) is 31.7 Å². The fraction of sp³-hybridized carbons (Fsp3) is 0.714. The first-order valence-corrected chi connectivity index (χ1v) is 8.25. The molecule has 2 fully saturated rings. The number of rotatable bonds is 3. The Morgan fingerprint density at radius 1 is 1.40 bits per heavy atom. The van der Waals surface area contributed by atoms with Gasteiger partial charge in [-0.25, -0.2) is 9.97 Å². The molecule has 0 aromatic carbocycles. The maximum absolute atomic E-state index is 4.52. The molecule has 6 heteroatoms. The number of nitrogens with zero attached hydrogens (tertiary/aromatic N) is 4. The van der Waals surface area contributed by atoms with Crippen LogP contribution in [0.15, 0.2) is 10.8 Å². The number of piperazine rings is 1. The van der Waals surface area contributed by atoms with Crippen LogP contribution in [-0.2, 0) is 0 Å². The van der Waals surface area contributed by atoms with E-state index < -0.39 is 0 Å². The topological polar surface area (TPSA) is 44.3 Å². The average molecular weight is 340 g/mol. The second kappa shape index (κ2) is 5.85. The van der Waals surface area contributed by atoms with Crippen LogP contribution in [0.25, 0.3) is 0 Å². The minimum Gasteiger partial charge on any atom is -0.369 e. The lowest BCUT2D eigenvalue weighted by Gasteiger charge is -2.43. The van der Waals surface area contributed by atoms with Crippen LogP contribution in [0.1, 0.15) is 26.7 Å². The lowest BCUT2D eigenvalue weighted by molar-refractivity contribution is 0.202. The minimum atomic E-state index is 0.491. The molecule has 0 aliphatic carbocycles. The van der Waals surface area contributed by atoms with E-state index in [9.17, 15) is 0 Å². The Labute approximate surface area is 128 Å². The van der Waals surface area contributed by atoms with E-state index in [0.29, 0.717) is 12.1 Å². The first kappa shape index (κ1) is 14.1. The highest BCUT2D eigenvalue weighted by Crippen LogP contribution is 2.34. The number of fused-ring (bicyclic) bond motifs is 1. The average Bonchev–Trinajstić information content (AvgIpc) is 2.88. The van der Waals surface area contributed by atoms with E-state index in [1.165, 1.54) is 19.4 Å². The van der Waals surface area contributed by atoms with Crippen molar-refractivity contribution in [1.82, 2.24) is 14.9 Å². The van der Waals surface area contributed by atoms with Gasteiger partial charge in [0.2, 0.25) is 0 Å². The molecule has 2 aliphatic rings. The summed E-state index contributed by atoms with van der Waals surface area (Å²) in [6, 6.07) is 1.18. The molecule has 0 bridgehead atoms. The van der Waals surface area contributed by atoms with Crippen LogP contribution >= 0.6 is 15.9 Å². The van der Waals surface area contributed by atoms with Gasteiger partial charge in [0.05, 0.1) is 0 Å². The van der Waals surface area contributed by atoms with Crippen molar-refractivity contribution < 1.29 is 0 Å². The molecule has 2 atom stereocenters. The van der Waals surface area contributed by atoms with E-state index in [1.54, 1.807) is 6.33 Å². The molecule has 0 saturated carbocycles. The van der Waals surface area contributed by atoms with Gasteiger partial charge in [-0.15, -0.1) is 0 Å². The summed E-state index contributed by atoms with van der Waals surface area (Å²) < 4.78 is 0.986. The van der Waals surface area contributed by atoms with Crippen molar-refractivity contribution in [3.63, 3.8) is 0 Å². The van der Waals surface area contributed by atoms with Crippen molar-refractivity contribution in [2.75, 3.05) is 36.4 Å². The molecule has 3 rings (SSSR count). The van der Waals surface area contributed by atoms with E-state index in [1.807, 2.05) is 0 Å². The second-order valence-electron chi connectivity index (χ2n) is 5.68. The summed E-state index contributed by atoms with van der Waals surface area (Å²) in [7, 11) is 0. The van der Waals surface area contributed by atoms with Crippen molar-refractivity contribution in [1.29, 1.82) is 0 Å². The first-order chi connectivity index (χ1) is 9.70. The molecule has 1 aromatic rings. The third kappa shape index (κ3) is 2.51. The zero-order valence-corrected chi connectivity index (χ0v) is 13.7. The van der Waals surface area contributed by atoms with Gasteiger partial charge in [-0.1, -0.05) is 0 Å². The lowest BCUT2D eigenvalue weighted by Crippen LogP contribution is -2.55. The number of nitrogens with one attached hydrogen (secondary N) is 1. The Bertz CT molecular complexity index is 481. The highest BCUT2D eigenvalue weighted by Gasteiger charge is 2.35. The van der Waals surface area contributed by atoms with Crippen molar-refractivity contribution in [2.45, 2.75) is 38.8 Å². The summed E-state index contributed by atoms with van der Waals surface area (Å²) in [4.78, 5) is 13.9. The largest absolute Gasteiger partial charge is 0.369 e. The Morgan fingerprint density at radius 3 is 3.05 bits per heavy atom. The van der Waals surface area contributed by atoms with Gasteiger partial charge in [-0.3, -0.25) is 4.90 Å². The third-order valence-electron chi connectivity index (χ3n) is 4.32. The molecule has 2 saturated heterocycles. The summed E-state index contributed by atoms with van der Waals surface area (Å²) >= 11 is 3.68. The van der Waals surface area contributed by atoms with Gasteiger partial charge in [-0.05, 0) is 49.2 Å². The van der Waals surface area contributed by atoms with Gasteiger partial charge in [-0.2, -0.15) is 0 Å². The molecule has 2 aliphatic heterocycles. The molecular weight excluding hydrogens is 318 g/mol. The highest BCUT2D eigenvalue weighted by atomic mass is 79.9. The van der Waals surface area contributed by atoms with Crippen LogP contribution in [-0.4, -0.2) is 53.1 Å². The Kier molecular flexibility index (Phi) is 4.12. The normalized spacial score (nSPS) is 26.6. The van der Waals surface area contributed by atoms with Crippen molar-refractivity contribution in [3.8, 4) is 0 Å². The van der Waals surface area contributed by atoms with Crippen molar-refractivity contribution in [3.05, 3.63) is 10.8 Å². The summed E-state index contributed by atoms with van der Waals surface area (Å²) in [6.45, 7) is 8.70. The monoisotopic (exact) mass is 339 g/mol. The van der Waals surface area contributed by atoms with Crippen LogP contribution < -0.4 is 10.2 Å². The predicted octanol–water partition coefficient (Wildman–Crippen LogP) is 2.34. The van der Waals surface area contributed by atoms with Crippen LogP contribution in [0.4, 0.5) is 11.6 Å². The molecule has 0 radical (unpaired) electrons. The maximum atomic E-state index is 4.52. The Balaban J connectivity index is 1.86. The predicted molar refractivity (Wildman–Crippen MR) is 85.3 cm³/mol. The standard InChI is InChI=1S/C14H22BrN5/c1-3-16-13-12(15)14(18-9-17-13)20-8-11-5-4-6-19(11)7-10(20)2/h9-11H,3-8H2,1-2H3,(H,16,17,18). The fourth-order valence-electron chi connectivity index (χ4n) is 3.33. The molecule has 20 heavy (non-hydrogen) atoms. The molecule has 0 spiro atoms. The van der Waals surface area contributed by atoms with Gasteiger partial charge in [0.15, 0.2) is 0 Å². The van der Waals surface area contributed by atoms with Crippen LogP contribution in [0.3, 0.4) is 0 Å². The number of anilines is 2. The smallest absolute Gasteiger partial charge is 0.148 e. The molecule has 1 aromatic heterocycles. The van der Waals surface area contributed by atoms with Gasteiger partial charge >= 0.3 is 0 Å². The van der Waals surface area contributed by atoms with Gasteiger partial charge in [0.1, 0.15) is 22.4 Å². The van der Waals surface area contributed by atoms with Crippen LogP contribution in [0.5, 0.6) is 0 Å². The van der Waals surface area contributed by atoms with E-state index in [2.05, 4.69) is 54.9 Å². The number of halogens is 1. The Morgan fingerprint density at radius 2 is 2.25 bits per heavy atom. The first-order valence-electron chi connectivity index (χ1n) is 7.45. The minimum absolute atomic E-state index is 0.491. The highest BCUT2D eigenvalue weighted by molar-refractivity contribution is 9.10. The van der Waals surface area contributed by atoms with E-state index in [0.717, 1.165) is 35.7 Å². The summed E-state index contributed by atoms with van der Waals surface area (Å²) in [5, 5.41) is 3.28. The summed E-state index contributed by atoms with van der Waals surface area (Å²) in [5.74, 6) is 1.91. The SMILES string of the molecule is CCNc1ncnc(N2CC3CCCN3CC2C)c1Br. The number of hydrogen-bond donors (Lipinski definition) is 1. The Hall–Kier alpha value is -0.880. The number of aromatic nitrogens is 2. The molecule has 0 amide bonds. The van der Waals surface area contributed by atoms with Crippen LogP contribution in [0.2, 0.25) is 0 Å².